The van der Waals surface area contributed by atoms with Gasteiger partial charge in [0.25, 0.3) is 0 Å². The summed E-state index contributed by atoms with van der Waals surface area (Å²) in [6, 6.07) is 7.15. The maximum absolute atomic E-state index is 3.60. The summed E-state index contributed by atoms with van der Waals surface area (Å²) in [6.45, 7) is 2.12. The van der Waals surface area contributed by atoms with Gasteiger partial charge in [0.1, 0.15) is 0 Å². The molecule has 0 amide bonds. The van der Waals surface area contributed by atoms with Crippen molar-refractivity contribution >= 4 is 33.4 Å². The first-order valence-electron chi connectivity index (χ1n) is 5.36. The molecule has 1 aromatic carbocycles. The Morgan fingerprint density at radius 1 is 1.47 bits per heavy atom. The monoisotopic (exact) mass is 285 g/mol. The lowest BCUT2D eigenvalue weighted by Crippen LogP contribution is -2.25. The zero-order chi connectivity index (χ0) is 10.7. The summed E-state index contributed by atoms with van der Waals surface area (Å²) in [6.07, 6.45) is 2.65. The molecule has 0 spiro atoms. The maximum atomic E-state index is 3.60. The van der Waals surface area contributed by atoms with Gasteiger partial charge in [0.05, 0.1) is 0 Å². The fourth-order valence-corrected chi connectivity index (χ4v) is 3.22. The fraction of sp³-hybridized carbons (Fsp3) is 0.500. The fourth-order valence-electron chi connectivity index (χ4n) is 1.77. The Balaban J connectivity index is 2.00. The van der Waals surface area contributed by atoms with Crippen molar-refractivity contribution in [1.82, 2.24) is 0 Å². The van der Waals surface area contributed by atoms with Gasteiger partial charge in [0.2, 0.25) is 0 Å². The van der Waals surface area contributed by atoms with Crippen molar-refractivity contribution < 1.29 is 0 Å². The highest BCUT2D eigenvalue weighted by atomic mass is 79.9. The van der Waals surface area contributed by atoms with Crippen LogP contribution in [0.1, 0.15) is 18.4 Å². The molecule has 1 atom stereocenters. The molecule has 0 radical (unpaired) electrons. The molecule has 3 heteroatoms. The molecule has 1 heterocycles. The van der Waals surface area contributed by atoms with Crippen LogP contribution >= 0.6 is 27.7 Å². The van der Waals surface area contributed by atoms with Crippen LogP contribution in [0.3, 0.4) is 0 Å². The standard InChI is InChI=1S/C12H16BrNS/c1-9-4-5-10(7-12(9)13)14-11-3-2-6-15-8-11/h4-5,7,11,14H,2-3,6,8H2,1H3. The van der Waals surface area contributed by atoms with Crippen molar-refractivity contribution in [3.05, 3.63) is 28.2 Å². The Kier molecular flexibility index (Phi) is 3.98. The molecule has 1 aliphatic rings. The summed E-state index contributed by atoms with van der Waals surface area (Å²) in [4.78, 5) is 0. The van der Waals surface area contributed by atoms with Crippen LogP contribution in [0.25, 0.3) is 0 Å². The van der Waals surface area contributed by atoms with Gasteiger partial charge in [-0.1, -0.05) is 22.0 Å². The molecule has 0 bridgehead atoms. The number of hydrogen-bond donors (Lipinski definition) is 1. The molecule has 1 aliphatic heterocycles. The second-order valence-corrected chi connectivity index (χ2v) is 6.03. The van der Waals surface area contributed by atoms with Crippen molar-refractivity contribution in [1.29, 1.82) is 0 Å². The highest BCUT2D eigenvalue weighted by molar-refractivity contribution is 9.10. The third kappa shape index (κ3) is 3.15. The summed E-state index contributed by atoms with van der Waals surface area (Å²) >= 11 is 5.62. The Morgan fingerprint density at radius 3 is 3.00 bits per heavy atom. The number of rotatable bonds is 2. The number of aryl methyl sites for hydroxylation is 1. The molecule has 1 fully saturated rings. The Morgan fingerprint density at radius 2 is 2.33 bits per heavy atom. The molecular formula is C12H16BrNS. The first kappa shape index (κ1) is 11.3. The number of thioether (sulfide) groups is 1. The van der Waals surface area contributed by atoms with E-state index in [9.17, 15) is 0 Å². The largest absolute Gasteiger partial charge is 0.381 e. The minimum atomic E-state index is 0.651. The van der Waals surface area contributed by atoms with Gasteiger partial charge in [0, 0.05) is 22.0 Å². The van der Waals surface area contributed by atoms with E-state index in [1.165, 1.54) is 40.1 Å². The van der Waals surface area contributed by atoms with E-state index in [1.54, 1.807) is 0 Å². The summed E-state index contributed by atoms with van der Waals surface area (Å²) in [7, 11) is 0. The zero-order valence-corrected chi connectivity index (χ0v) is 11.3. The van der Waals surface area contributed by atoms with E-state index < -0.39 is 0 Å². The highest BCUT2D eigenvalue weighted by Crippen LogP contribution is 2.24. The van der Waals surface area contributed by atoms with Crippen LogP contribution in [-0.2, 0) is 0 Å². The third-order valence-electron chi connectivity index (χ3n) is 2.70. The van der Waals surface area contributed by atoms with Gasteiger partial charge in [0.15, 0.2) is 0 Å². The molecule has 0 aromatic heterocycles. The van der Waals surface area contributed by atoms with E-state index in [4.69, 9.17) is 0 Å². The minimum absolute atomic E-state index is 0.651. The highest BCUT2D eigenvalue weighted by Gasteiger charge is 2.13. The van der Waals surface area contributed by atoms with Crippen LogP contribution in [0.15, 0.2) is 22.7 Å². The van der Waals surface area contributed by atoms with Crippen molar-refractivity contribution in [3.63, 3.8) is 0 Å². The molecule has 1 saturated heterocycles. The average molecular weight is 286 g/mol. The van der Waals surface area contributed by atoms with Crippen LogP contribution in [0.2, 0.25) is 0 Å². The lowest BCUT2D eigenvalue weighted by Gasteiger charge is -2.23. The van der Waals surface area contributed by atoms with E-state index in [0.29, 0.717) is 6.04 Å². The lowest BCUT2D eigenvalue weighted by atomic mass is 10.1. The van der Waals surface area contributed by atoms with Crippen molar-refractivity contribution in [2.75, 3.05) is 16.8 Å². The van der Waals surface area contributed by atoms with Crippen LogP contribution in [-0.4, -0.2) is 17.5 Å². The number of hydrogen-bond acceptors (Lipinski definition) is 2. The molecule has 1 N–H and O–H groups in total. The van der Waals surface area contributed by atoms with Gasteiger partial charge >= 0.3 is 0 Å². The number of anilines is 1. The molecule has 1 aromatic rings. The predicted octanol–water partition coefficient (Wildman–Crippen LogP) is 4.07. The summed E-state index contributed by atoms with van der Waals surface area (Å²) in [5.41, 5.74) is 2.53. The minimum Gasteiger partial charge on any atom is -0.381 e. The van der Waals surface area contributed by atoms with Crippen molar-refractivity contribution in [2.45, 2.75) is 25.8 Å². The molecular weight excluding hydrogens is 270 g/mol. The van der Waals surface area contributed by atoms with E-state index >= 15 is 0 Å². The van der Waals surface area contributed by atoms with Crippen LogP contribution in [0.5, 0.6) is 0 Å². The molecule has 1 unspecified atom stereocenters. The normalized spacial score (nSPS) is 21.3. The molecule has 2 rings (SSSR count). The number of benzene rings is 1. The van der Waals surface area contributed by atoms with Gasteiger partial charge in [-0.05, 0) is 43.2 Å². The number of halogens is 1. The van der Waals surface area contributed by atoms with Crippen molar-refractivity contribution in [2.24, 2.45) is 0 Å². The van der Waals surface area contributed by atoms with E-state index in [-0.39, 0.29) is 0 Å². The molecule has 0 aliphatic carbocycles. The zero-order valence-electron chi connectivity index (χ0n) is 8.92. The quantitative estimate of drug-likeness (QED) is 0.879. The SMILES string of the molecule is Cc1ccc(NC2CCCSC2)cc1Br. The lowest BCUT2D eigenvalue weighted by molar-refractivity contribution is 0.685. The molecule has 0 saturated carbocycles. The van der Waals surface area contributed by atoms with E-state index in [1.807, 2.05) is 0 Å². The van der Waals surface area contributed by atoms with Crippen LogP contribution in [0, 0.1) is 6.92 Å². The van der Waals surface area contributed by atoms with E-state index in [0.717, 1.165) is 0 Å². The van der Waals surface area contributed by atoms with Gasteiger partial charge in [-0.25, -0.2) is 0 Å². The van der Waals surface area contributed by atoms with Gasteiger partial charge in [-0.15, -0.1) is 0 Å². The van der Waals surface area contributed by atoms with Crippen LogP contribution in [0.4, 0.5) is 5.69 Å². The number of nitrogens with one attached hydrogen (secondary N) is 1. The second kappa shape index (κ2) is 5.26. The summed E-state index contributed by atoms with van der Waals surface area (Å²) in [5.74, 6) is 2.57. The van der Waals surface area contributed by atoms with E-state index in [2.05, 4.69) is 58.1 Å². The smallest absolute Gasteiger partial charge is 0.0354 e. The van der Waals surface area contributed by atoms with Gasteiger partial charge in [-0.3, -0.25) is 0 Å². The molecule has 1 nitrogen and oxygen atoms in total. The summed E-state index contributed by atoms with van der Waals surface area (Å²) < 4.78 is 1.19. The Labute approximate surface area is 104 Å². The predicted molar refractivity (Wildman–Crippen MR) is 72.8 cm³/mol. The average Bonchev–Trinajstić information content (AvgIpc) is 2.25. The Hall–Kier alpha value is -0.150. The van der Waals surface area contributed by atoms with Crippen molar-refractivity contribution in [3.8, 4) is 0 Å². The van der Waals surface area contributed by atoms with Gasteiger partial charge < -0.3 is 5.32 Å². The van der Waals surface area contributed by atoms with Gasteiger partial charge in [-0.2, -0.15) is 11.8 Å². The first-order valence-corrected chi connectivity index (χ1v) is 7.31. The Bertz CT molecular complexity index is 334. The molecule has 15 heavy (non-hydrogen) atoms. The topological polar surface area (TPSA) is 12.0 Å². The van der Waals surface area contributed by atoms with Crippen LogP contribution < -0.4 is 5.32 Å². The summed E-state index contributed by atoms with van der Waals surface area (Å²) in [5, 5.41) is 3.60. The maximum Gasteiger partial charge on any atom is 0.0354 e. The first-order chi connectivity index (χ1) is 7.25. The third-order valence-corrected chi connectivity index (χ3v) is 4.77. The second-order valence-electron chi connectivity index (χ2n) is 4.02. The molecule has 82 valence electrons.